The van der Waals surface area contributed by atoms with Gasteiger partial charge in [0, 0.05) is 17.1 Å². The van der Waals surface area contributed by atoms with E-state index in [0.717, 1.165) is 12.1 Å². The Morgan fingerprint density at radius 2 is 2.19 bits per heavy atom. The molecule has 2 rings (SSSR count). The Morgan fingerprint density at radius 1 is 1.44 bits per heavy atom. The van der Waals surface area contributed by atoms with Crippen LogP contribution >= 0.6 is 23.2 Å². The van der Waals surface area contributed by atoms with Crippen molar-refractivity contribution in [2.45, 2.75) is 19.3 Å². The van der Waals surface area contributed by atoms with Gasteiger partial charge in [0.2, 0.25) is 0 Å². The summed E-state index contributed by atoms with van der Waals surface area (Å²) in [4.78, 5) is 0. The van der Waals surface area contributed by atoms with E-state index < -0.39 is 0 Å². The fraction of sp³-hybridized carbons (Fsp3) is 0.455. The molecule has 1 heterocycles. The fourth-order valence-corrected chi connectivity index (χ4v) is 2.42. The molecule has 0 aliphatic carbocycles. The Labute approximate surface area is 105 Å². The molecule has 1 N–H and O–H groups in total. The Balaban J connectivity index is 2.38. The van der Waals surface area contributed by atoms with Crippen molar-refractivity contribution in [3.63, 3.8) is 0 Å². The number of methoxy groups -OCH3 is 1. The second-order valence-electron chi connectivity index (χ2n) is 3.69. The van der Waals surface area contributed by atoms with Gasteiger partial charge in [-0.3, -0.25) is 5.32 Å². The van der Waals surface area contributed by atoms with Gasteiger partial charge in [-0.25, -0.2) is 0 Å². The van der Waals surface area contributed by atoms with Crippen LogP contribution in [0.4, 0.5) is 0 Å². The van der Waals surface area contributed by atoms with Gasteiger partial charge in [-0.05, 0) is 19.1 Å². The Morgan fingerprint density at radius 3 is 2.75 bits per heavy atom. The zero-order valence-corrected chi connectivity index (χ0v) is 10.6. The molecule has 0 bridgehead atoms. The summed E-state index contributed by atoms with van der Waals surface area (Å²) in [6.07, 6.45) is -0.0337. The van der Waals surface area contributed by atoms with Crippen LogP contribution in [0.3, 0.4) is 0 Å². The minimum atomic E-state index is -0.0684. The predicted octanol–water partition coefficient (Wildman–Crippen LogP) is 3.01. The fourth-order valence-electron chi connectivity index (χ4n) is 1.83. The number of benzene rings is 1. The van der Waals surface area contributed by atoms with Gasteiger partial charge in [-0.1, -0.05) is 23.2 Å². The monoisotopic (exact) mass is 261 g/mol. The van der Waals surface area contributed by atoms with Gasteiger partial charge in [0.05, 0.1) is 12.1 Å². The molecule has 1 aromatic rings. The van der Waals surface area contributed by atoms with Gasteiger partial charge in [0.15, 0.2) is 0 Å². The lowest BCUT2D eigenvalue weighted by atomic mass is 10.1. The van der Waals surface area contributed by atoms with Gasteiger partial charge in [-0.15, -0.1) is 0 Å². The van der Waals surface area contributed by atoms with Crippen LogP contribution in [0, 0.1) is 0 Å². The highest BCUT2D eigenvalue weighted by Gasteiger charge is 2.26. The topological polar surface area (TPSA) is 30.5 Å². The third-order valence-corrected chi connectivity index (χ3v) is 3.05. The molecule has 0 aromatic heterocycles. The van der Waals surface area contributed by atoms with Crippen molar-refractivity contribution in [2.24, 2.45) is 0 Å². The van der Waals surface area contributed by atoms with Crippen molar-refractivity contribution in [3.05, 3.63) is 27.7 Å². The predicted molar refractivity (Wildman–Crippen MR) is 64.3 cm³/mol. The van der Waals surface area contributed by atoms with Gasteiger partial charge >= 0.3 is 0 Å². The molecule has 0 spiro atoms. The first-order valence-electron chi connectivity index (χ1n) is 5.03. The van der Waals surface area contributed by atoms with Crippen LogP contribution in [0.15, 0.2) is 12.1 Å². The summed E-state index contributed by atoms with van der Waals surface area (Å²) >= 11 is 12.0. The molecule has 1 saturated heterocycles. The van der Waals surface area contributed by atoms with Gasteiger partial charge in [0.1, 0.15) is 18.1 Å². The first-order chi connectivity index (χ1) is 7.61. The lowest BCUT2D eigenvalue weighted by Gasteiger charge is -2.16. The highest BCUT2D eigenvalue weighted by atomic mass is 35.5. The van der Waals surface area contributed by atoms with Gasteiger partial charge in [0.25, 0.3) is 0 Å². The molecule has 2 atom stereocenters. The molecule has 0 radical (unpaired) electrons. The SMILES string of the molecule is COc1c(Cl)cc(Cl)cc1C1CNC(C)O1. The van der Waals surface area contributed by atoms with E-state index in [1.165, 1.54) is 0 Å². The van der Waals surface area contributed by atoms with Crippen molar-refractivity contribution in [3.8, 4) is 5.75 Å². The van der Waals surface area contributed by atoms with Crippen LogP contribution in [0.2, 0.25) is 10.0 Å². The standard InChI is InChI=1S/C11H13Cl2NO2/c1-6-14-5-10(16-6)8-3-7(12)4-9(13)11(8)15-2/h3-4,6,10,14H,5H2,1-2H3. The number of hydrogen-bond donors (Lipinski definition) is 1. The van der Waals surface area contributed by atoms with Crippen LogP contribution in [-0.4, -0.2) is 19.9 Å². The van der Waals surface area contributed by atoms with Crippen LogP contribution in [0.5, 0.6) is 5.75 Å². The van der Waals surface area contributed by atoms with Crippen LogP contribution in [0.25, 0.3) is 0 Å². The molecule has 1 aliphatic heterocycles. The molecular formula is C11H13Cl2NO2. The highest BCUT2D eigenvalue weighted by Crippen LogP contribution is 2.38. The molecule has 2 unspecified atom stereocenters. The Hall–Kier alpha value is -0.480. The van der Waals surface area contributed by atoms with E-state index >= 15 is 0 Å². The molecule has 0 amide bonds. The average Bonchev–Trinajstić information content (AvgIpc) is 2.63. The summed E-state index contributed by atoms with van der Waals surface area (Å²) in [5.74, 6) is 0.631. The van der Waals surface area contributed by atoms with E-state index in [2.05, 4.69) is 5.32 Å². The molecule has 88 valence electrons. The van der Waals surface area contributed by atoms with E-state index in [1.54, 1.807) is 13.2 Å². The van der Waals surface area contributed by atoms with E-state index in [0.29, 0.717) is 15.8 Å². The number of rotatable bonds is 2. The van der Waals surface area contributed by atoms with E-state index in [1.807, 2.05) is 13.0 Å². The number of nitrogens with one attached hydrogen (secondary N) is 1. The zero-order valence-electron chi connectivity index (χ0n) is 9.09. The van der Waals surface area contributed by atoms with E-state index in [4.69, 9.17) is 32.7 Å². The summed E-state index contributed by atoms with van der Waals surface area (Å²) in [5, 5.41) is 4.29. The van der Waals surface area contributed by atoms with Crippen LogP contribution < -0.4 is 10.1 Å². The number of ether oxygens (including phenoxy) is 2. The molecule has 5 heteroatoms. The summed E-state index contributed by atoms with van der Waals surface area (Å²) in [7, 11) is 1.59. The first-order valence-corrected chi connectivity index (χ1v) is 5.79. The maximum absolute atomic E-state index is 6.06. The van der Waals surface area contributed by atoms with Gasteiger partial charge < -0.3 is 9.47 Å². The molecule has 1 aromatic carbocycles. The summed E-state index contributed by atoms with van der Waals surface area (Å²) in [6, 6.07) is 3.49. The van der Waals surface area contributed by atoms with E-state index in [-0.39, 0.29) is 12.3 Å². The number of hydrogen-bond acceptors (Lipinski definition) is 3. The molecule has 3 nitrogen and oxygen atoms in total. The lowest BCUT2D eigenvalue weighted by Crippen LogP contribution is -2.17. The quantitative estimate of drug-likeness (QED) is 0.888. The lowest BCUT2D eigenvalue weighted by molar-refractivity contribution is 0.0516. The van der Waals surface area contributed by atoms with Crippen LogP contribution in [0.1, 0.15) is 18.6 Å². The molecule has 16 heavy (non-hydrogen) atoms. The minimum absolute atomic E-state index is 0.0347. The van der Waals surface area contributed by atoms with Gasteiger partial charge in [-0.2, -0.15) is 0 Å². The Bertz CT molecular complexity index is 398. The summed E-state index contributed by atoms with van der Waals surface area (Å²) in [6.45, 7) is 2.69. The zero-order chi connectivity index (χ0) is 11.7. The third kappa shape index (κ3) is 2.28. The van der Waals surface area contributed by atoms with Crippen molar-refractivity contribution in [1.82, 2.24) is 5.32 Å². The highest BCUT2D eigenvalue weighted by molar-refractivity contribution is 6.35. The molecule has 1 fully saturated rings. The third-order valence-electron chi connectivity index (χ3n) is 2.55. The maximum Gasteiger partial charge on any atom is 0.143 e. The Kier molecular flexibility index (Phi) is 3.60. The second-order valence-corrected chi connectivity index (χ2v) is 4.53. The molecular weight excluding hydrogens is 249 g/mol. The van der Waals surface area contributed by atoms with Crippen molar-refractivity contribution < 1.29 is 9.47 Å². The second kappa shape index (κ2) is 4.80. The normalized spacial score (nSPS) is 24.8. The van der Waals surface area contributed by atoms with E-state index in [9.17, 15) is 0 Å². The smallest absolute Gasteiger partial charge is 0.143 e. The average molecular weight is 262 g/mol. The van der Waals surface area contributed by atoms with Crippen molar-refractivity contribution in [2.75, 3.05) is 13.7 Å². The largest absolute Gasteiger partial charge is 0.495 e. The molecule has 1 aliphatic rings. The number of halogens is 2. The van der Waals surface area contributed by atoms with Crippen molar-refractivity contribution in [1.29, 1.82) is 0 Å². The van der Waals surface area contributed by atoms with Crippen LogP contribution in [-0.2, 0) is 4.74 Å². The van der Waals surface area contributed by atoms with Crippen molar-refractivity contribution >= 4 is 23.2 Å². The molecule has 0 saturated carbocycles. The minimum Gasteiger partial charge on any atom is -0.495 e. The maximum atomic E-state index is 6.06. The first kappa shape index (κ1) is 12.0. The summed E-state index contributed by atoms with van der Waals surface area (Å²) in [5.41, 5.74) is 0.886. The summed E-state index contributed by atoms with van der Waals surface area (Å²) < 4.78 is 11.0.